The fourth-order valence-electron chi connectivity index (χ4n) is 3.75. The minimum atomic E-state index is -1.63. The summed E-state index contributed by atoms with van der Waals surface area (Å²) in [5.41, 5.74) is -0.0550. The van der Waals surface area contributed by atoms with Gasteiger partial charge in [-0.2, -0.15) is 27.5 Å². The van der Waals surface area contributed by atoms with Crippen LogP contribution in [0.1, 0.15) is 11.5 Å². The monoisotopic (exact) mass is 387 g/mol. The van der Waals surface area contributed by atoms with Gasteiger partial charge in [0, 0.05) is 23.3 Å². The van der Waals surface area contributed by atoms with Crippen LogP contribution >= 0.6 is 35.0 Å². The maximum atomic E-state index is 9.92. The Bertz CT molecular complexity index is 889. The van der Waals surface area contributed by atoms with E-state index in [0.29, 0.717) is 21.4 Å². The fourth-order valence-corrected chi connectivity index (χ4v) is 5.27. The second-order valence-electron chi connectivity index (χ2n) is 6.02. The smallest absolute Gasteiger partial charge is 0.231 e. The van der Waals surface area contributed by atoms with Crippen molar-refractivity contribution in [2.24, 2.45) is 17.3 Å². The molecule has 0 aromatic heterocycles. The molecule has 3 rings (SSSR count). The Balaban J connectivity index is 2.32. The molecule has 1 heterocycles. The minimum Gasteiger partial charge on any atom is -0.258 e. The zero-order valence-electron chi connectivity index (χ0n) is 13.0. The molecule has 0 radical (unpaired) electrons. The molecule has 0 amide bonds. The topological polar surface area (TPSA) is 97.0 Å². The average Bonchev–Trinajstić information content (AvgIpc) is 2.64. The molecule has 0 spiro atoms. The summed E-state index contributed by atoms with van der Waals surface area (Å²) >= 11 is 14.3. The molecule has 4 nitrogen and oxygen atoms in total. The predicted octanol–water partition coefficient (Wildman–Crippen LogP) is 2.75. The largest absolute Gasteiger partial charge is 0.258 e. The molecule has 1 aliphatic heterocycles. The lowest BCUT2D eigenvalue weighted by Gasteiger charge is -2.43. The maximum absolute atomic E-state index is 9.92. The van der Waals surface area contributed by atoms with E-state index in [1.807, 2.05) is 6.08 Å². The summed E-state index contributed by atoms with van der Waals surface area (Å²) in [4.78, 5) is 0. The van der Waals surface area contributed by atoms with E-state index in [4.69, 9.17) is 28.6 Å². The van der Waals surface area contributed by atoms with E-state index in [-0.39, 0.29) is 11.6 Å². The molecule has 1 aliphatic carbocycles. The highest BCUT2D eigenvalue weighted by atomic mass is 35.5. The highest BCUT2D eigenvalue weighted by Crippen LogP contribution is 2.55. The van der Waals surface area contributed by atoms with Gasteiger partial charge in [0.1, 0.15) is 5.92 Å². The number of thioether (sulfide) groups is 1. The third kappa shape index (κ3) is 2.54. The Morgan fingerprint density at radius 2 is 1.92 bits per heavy atom. The number of hydrogen-bond acceptors (Lipinski definition) is 4. The molecule has 0 bridgehead atoms. The van der Waals surface area contributed by atoms with E-state index < -0.39 is 17.3 Å². The van der Waals surface area contributed by atoms with Crippen molar-refractivity contribution in [3.05, 3.63) is 45.5 Å². The molecule has 7 heteroatoms. The molecular formula is C18H13Cl2N4S+. The second-order valence-corrected chi connectivity index (χ2v) is 7.88. The Labute approximate surface area is 160 Å². The lowest BCUT2D eigenvalue weighted by atomic mass is 9.55. The van der Waals surface area contributed by atoms with Crippen molar-refractivity contribution < 1.29 is 5.41 Å². The average molecular weight is 388 g/mol. The number of benzene rings is 1. The van der Waals surface area contributed by atoms with Crippen molar-refractivity contribution in [1.29, 1.82) is 15.8 Å². The molecule has 1 aromatic rings. The van der Waals surface area contributed by atoms with Crippen LogP contribution in [0.15, 0.2) is 29.8 Å². The normalized spacial score (nSPS) is 27.2. The number of nitrogens with zero attached hydrogens (tertiary/aromatic N) is 3. The highest BCUT2D eigenvalue weighted by Gasteiger charge is 2.61. The van der Waals surface area contributed by atoms with Crippen LogP contribution in [-0.2, 0) is 0 Å². The van der Waals surface area contributed by atoms with Crippen molar-refractivity contribution in [2.75, 3.05) is 11.5 Å². The van der Waals surface area contributed by atoms with E-state index >= 15 is 0 Å². The Morgan fingerprint density at radius 3 is 2.56 bits per heavy atom. The van der Waals surface area contributed by atoms with Gasteiger partial charge in [-0.05, 0) is 17.2 Å². The first-order chi connectivity index (χ1) is 12.0. The van der Waals surface area contributed by atoms with E-state index in [1.54, 1.807) is 30.0 Å². The summed E-state index contributed by atoms with van der Waals surface area (Å²) in [6.07, 6.45) is 1.99. The number of rotatable bonds is 1. The first-order valence-corrected chi connectivity index (χ1v) is 9.49. The van der Waals surface area contributed by atoms with Gasteiger partial charge < -0.3 is 0 Å². The van der Waals surface area contributed by atoms with Gasteiger partial charge in [-0.15, -0.1) is 0 Å². The summed E-state index contributed by atoms with van der Waals surface area (Å²) in [5.74, 6) is -0.0160. The molecule has 124 valence electrons. The van der Waals surface area contributed by atoms with Crippen LogP contribution in [0.3, 0.4) is 0 Å². The van der Waals surface area contributed by atoms with Crippen molar-refractivity contribution in [1.82, 2.24) is 0 Å². The van der Waals surface area contributed by atoms with Gasteiger partial charge in [0.2, 0.25) is 11.1 Å². The number of allylic oxidation sites excluding steroid dienone is 1. The zero-order chi connectivity index (χ0) is 18.2. The molecule has 25 heavy (non-hydrogen) atoms. The molecular weight excluding hydrogens is 375 g/mol. The van der Waals surface area contributed by atoms with E-state index in [9.17, 15) is 15.8 Å². The first-order valence-electron chi connectivity index (χ1n) is 7.58. The summed E-state index contributed by atoms with van der Waals surface area (Å²) in [6, 6.07) is 11.6. The lowest BCUT2D eigenvalue weighted by molar-refractivity contribution is -0.128. The van der Waals surface area contributed by atoms with Gasteiger partial charge in [0.05, 0.1) is 28.3 Å². The van der Waals surface area contributed by atoms with Crippen LogP contribution in [-0.4, -0.2) is 17.2 Å². The highest BCUT2D eigenvalue weighted by molar-refractivity contribution is 7.99. The Hall–Kier alpha value is -1.97. The van der Waals surface area contributed by atoms with Gasteiger partial charge in [-0.3, -0.25) is 5.41 Å². The fraction of sp³-hybridized carbons (Fsp3) is 0.333. The van der Waals surface area contributed by atoms with Crippen molar-refractivity contribution in [2.45, 2.75) is 5.92 Å². The van der Waals surface area contributed by atoms with Crippen LogP contribution in [0.25, 0.3) is 0 Å². The van der Waals surface area contributed by atoms with Crippen LogP contribution < -0.4 is 5.41 Å². The van der Waals surface area contributed by atoms with Gasteiger partial charge in [0.15, 0.2) is 0 Å². The maximum Gasteiger partial charge on any atom is 0.231 e. The summed E-state index contributed by atoms with van der Waals surface area (Å²) in [6.45, 7) is 0. The third-order valence-corrected chi connectivity index (χ3v) is 6.76. The van der Waals surface area contributed by atoms with Crippen LogP contribution in [0, 0.1) is 51.2 Å². The van der Waals surface area contributed by atoms with Crippen molar-refractivity contribution in [3.8, 4) is 18.2 Å². The van der Waals surface area contributed by atoms with E-state index in [1.165, 1.54) is 0 Å². The Morgan fingerprint density at radius 1 is 1.20 bits per heavy atom. The van der Waals surface area contributed by atoms with Crippen LogP contribution in [0.5, 0.6) is 0 Å². The Kier molecular flexibility index (Phi) is 4.81. The van der Waals surface area contributed by atoms with Crippen LogP contribution in [0.2, 0.25) is 10.0 Å². The van der Waals surface area contributed by atoms with Crippen molar-refractivity contribution >= 4 is 40.7 Å². The van der Waals surface area contributed by atoms with E-state index in [0.717, 1.165) is 11.3 Å². The molecule has 0 unspecified atom stereocenters. The molecule has 2 aliphatic rings. The quantitative estimate of drug-likeness (QED) is 0.748. The molecule has 1 aromatic carbocycles. The first kappa shape index (κ1) is 17.8. The molecule has 1 saturated carbocycles. The SMILES string of the molecule is N#C[C@@H]1C(=[NH2+])C(C#N)(C#N)[C@@H](c2cccc(Cl)c2Cl)[C@H]2CSCC=C12. The molecule has 0 saturated heterocycles. The number of nitrogens with two attached hydrogens (primary N) is 1. The predicted molar refractivity (Wildman–Crippen MR) is 97.8 cm³/mol. The number of hydrogen-bond donors (Lipinski definition) is 1. The van der Waals surface area contributed by atoms with Gasteiger partial charge in [-0.1, -0.05) is 41.4 Å². The number of nitriles is 3. The minimum absolute atomic E-state index is 0.0791. The number of fused-ring (bicyclic) bond motifs is 1. The molecule has 3 atom stereocenters. The molecule has 1 fully saturated rings. The van der Waals surface area contributed by atoms with Gasteiger partial charge >= 0.3 is 0 Å². The van der Waals surface area contributed by atoms with Crippen molar-refractivity contribution in [3.63, 3.8) is 0 Å². The summed E-state index contributed by atoms with van der Waals surface area (Å²) in [5, 5.41) is 36.4. The standard InChI is InChI=1S/C18H12Cl2N4S/c19-14-3-1-2-11(16(14)20)15-13-7-25-5-4-10(13)12(6-21)17(24)18(15,8-22)9-23/h1-4,12-13,15,24H,5,7H2/p+1/t12-,13-,15-/m0/s1. The zero-order valence-corrected chi connectivity index (χ0v) is 15.4. The molecule has 2 N–H and O–H groups in total. The number of halogens is 2. The lowest BCUT2D eigenvalue weighted by Crippen LogP contribution is -2.61. The van der Waals surface area contributed by atoms with Crippen LogP contribution in [0.4, 0.5) is 0 Å². The van der Waals surface area contributed by atoms with Gasteiger partial charge in [0.25, 0.3) is 0 Å². The summed E-state index contributed by atoms with van der Waals surface area (Å²) in [7, 11) is 0. The second kappa shape index (κ2) is 6.74. The third-order valence-electron chi connectivity index (χ3n) is 4.93. The summed E-state index contributed by atoms with van der Waals surface area (Å²) < 4.78 is 0. The van der Waals surface area contributed by atoms with Gasteiger partial charge in [-0.25, -0.2) is 0 Å². The van der Waals surface area contributed by atoms with E-state index in [2.05, 4.69) is 18.2 Å².